The molecule has 0 saturated carbocycles. The van der Waals surface area contributed by atoms with E-state index in [2.05, 4.69) is 31.2 Å². The van der Waals surface area contributed by atoms with Gasteiger partial charge in [-0.05, 0) is 22.9 Å². The SMILES string of the molecule is COCC(C)Nc1nc[nH]c(=O)c1Br. The van der Waals surface area contributed by atoms with Gasteiger partial charge in [0.15, 0.2) is 0 Å². The largest absolute Gasteiger partial charge is 0.383 e. The van der Waals surface area contributed by atoms with E-state index < -0.39 is 0 Å². The molecule has 14 heavy (non-hydrogen) atoms. The number of nitrogens with zero attached hydrogens (tertiary/aromatic N) is 1. The predicted octanol–water partition coefficient (Wildman–Crippen LogP) is 0.979. The standard InChI is InChI=1S/C8H12BrN3O2/c1-5(3-14-2)12-7-6(9)8(13)11-4-10-7/h4-5H,3H2,1-2H3,(H2,10,11,12,13). The topological polar surface area (TPSA) is 67.0 Å². The highest BCUT2D eigenvalue weighted by atomic mass is 79.9. The van der Waals surface area contributed by atoms with E-state index in [4.69, 9.17) is 4.74 Å². The number of anilines is 1. The molecule has 1 rings (SSSR count). The van der Waals surface area contributed by atoms with Crippen LogP contribution in [0.2, 0.25) is 0 Å². The Labute approximate surface area is 90.0 Å². The van der Waals surface area contributed by atoms with Gasteiger partial charge in [-0.2, -0.15) is 0 Å². The molecule has 5 nitrogen and oxygen atoms in total. The van der Waals surface area contributed by atoms with Gasteiger partial charge in [-0.3, -0.25) is 4.79 Å². The molecule has 6 heteroatoms. The van der Waals surface area contributed by atoms with Crippen molar-refractivity contribution in [3.05, 3.63) is 21.2 Å². The normalized spacial score (nSPS) is 12.5. The van der Waals surface area contributed by atoms with E-state index in [1.165, 1.54) is 6.33 Å². The first-order valence-electron chi connectivity index (χ1n) is 4.13. The summed E-state index contributed by atoms with van der Waals surface area (Å²) in [6.07, 6.45) is 1.36. The fourth-order valence-corrected chi connectivity index (χ4v) is 1.34. The lowest BCUT2D eigenvalue weighted by molar-refractivity contribution is 0.190. The first-order valence-corrected chi connectivity index (χ1v) is 4.93. The number of ether oxygens (including phenoxy) is 1. The minimum absolute atomic E-state index is 0.102. The molecule has 0 aliphatic rings. The Balaban J connectivity index is 2.76. The Hall–Kier alpha value is -0.880. The highest BCUT2D eigenvalue weighted by Crippen LogP contribution is 2.13. The molecule has 0 aliphatic carbocycles. The van der Waals surface area contributed by atoms with Crippen LogP contribution < -0.4 is 10.9 Å². The van der Waals surface area contributed by atoms with Gasteiger partial charge < -0.3 is 15.0 Å². The third-order valence-electron chi connectivity index (χ3n) is 1.60. The zero-order chi connectivity index (χ0) is 10.6. The highest BCUT2D eigenvalue weighted by molar-refractivity contribution is 9.10. The summed E-state index contributed by atoms with van der Waals surface area (Å²) in [7, 11) is 1.62. The van der Waals surface area contributed by atoms with Gasteiger partial charge in [0.25, 0.3) is 5.56 Å². The summed E-state index contributed by atoms with van der Waals surface area (Å²) in [5.41, 5.74) is -0.202. The van der Waals surface area contributed by atoms with Crippen molar-refractivity contribution < 1.29 is 4.74 Å². The van der Waals surface area contributed by atoms with Crippen LogP contribution in [0.15, 0.2) is 15.6 Å². The van der Waals surface area contributed by atoms with E-state index >= 15 is 0 Å². The maximum absolute atomic E-state index is 11.2. The van der Waals surface area contributed by atoms with Gasteiger partial charge in [-0.25, -0.2) is 4.98 Å². The van der Waals surface area contributed by atoms with E-state index in [1.54, 1.807) is 7.11 Å². The second-order valence-corrected chi connectivity index (χ2v) is 3.69. The number of hydrogen-bond donors (Lipinski definition) is 2. The minimum Gasteiger partial charge on any atom is -0.383 e. The molecular formula is C8H12BrN3O2. The molecule has 0 fully saturated rings. The summed E-state index contributed by atoms with van der Waals surface area (Å²) in [6, 6.07) is 0.102. The summed E-state index contributed by atoms with van der Waals surface area (Å²) in [6.45, 7) is 2.50. The summed E-state index contributed by atoms with van der Waals surface area (Å²) in [5, 5.41) is 3.05. The Morgan fingerprint density at radius 1 is 1.79 bits per heavy atom. The third-order valence-corrected chi connectivity index (χ3v) is 2.33. The number of rotatable bonds is 4. The molecule has 2 N–H and O–H groups in total. The second-order valence-electron chi connectivity index (χ2n) is 2.89. The fraction of sp³-hybridized carbons (Fsp3) is 0.500. The van der Waals surface area contributed by atoms with Crippen LogP contribution in [-0.2, 0) is 4.74 Å². The smallest absolute Gasteiger partial charge is 0.267 e. The molecule has 0 radical (unpaired) electrons. The Morgan fingerprint density at radius 3 is 3.14 bits per heavy atom. The van der Waals surface area contributed by atoms with Crippen molar-refractivity contribution in [1.82, 2.24) is 9.97 Å². The molecule has 0 saturated heterocycles. The Morgan fingerprint density at radius 2 is 2.50 bits per heavy atom. The van der Waals surface area contributed by atoms with Crippen LogP contribution in [-0.4, -0.2) is 29.7 Å². The molecule has 0 spiro atoms. The lowest BCUT2D eigenvalue weighted by Gasteiger charge is -2.13. The molecule has 78 valence electrons. The molecule has 1 unspecified atom stereocenters. The Bertz CT molecular complexity index is 353. The van der Waals surface area contributed by atoms with Crippen molar-refractivity contribution in [1.29, 1.82) is 0 Å². The molecule has 0 amide bonds. The molecule has 1 aromatic rings. The molecule has 1 heterocycles. The predicted molar refractivity (Wildman–Crippen MR) is 57.5 cm³/mol. The van der Waals surface area contributed by atoms with E-state index in [1.807, 2.05) is 6.92 Å². The van der Waals surface area contributed by atoms with Gasteiger partial charge in [-0.1, -0.05) is 0 Å². The maximum atomic E-state index is 11.2. The number of hydrogen-bond acceptors (Lipinski definition) is 4. The van der Waals surface area contributed by atoms with E-state index in [-0.39, 0.29) is 11.6 Å². The average Bonchev–Trinajstić information content (AvgIpc) is 2.13. The number of aromatic amines is 1. The molecule has 0 aromatic carbocycles. The van der Waals surface area contributed by atoms with Gasteiger partial charge in [0, 0.05) is 13.2 Å². The van der Waals surface area contributed by atoms with Crippen LogP contribution in [0.25, 0.3) is 0 Å². The van der Waals surface area contributed by atoms with Crippen molar-refractivity contribution >= 4 is 21.7 Å². The van der Waals surface area contributed by atoms with Crippen LogP contribution in [0, 0.1) is 0 Å². The number of halogens is 1. The van der Waals surface area contributed by atoms with Gasteiger partial charge in [0.2, 0.25) is 0 Å². The van der Waals surface area contributed by atoms with Crippen molar-refractivity contribution in [2.45, 2.75) is 13.0 Å². The molecule has 0 bridgehead atoms. The summed E-state index contributed by atoms with van der Waals surface area (Å²) in [4.78, 5) is 17.6. The number of methoxy groups -OCH3 is 1. The van der Waals surface area contributed by atoms with Crippen LogP contribution in [0.4, 0.5) is 5.82 Å². The van der Waals surface area contributed by atoms with Crippen molar-refractivity contribution in [2.75, 3.05) is 19.0 Å². The van der Waals surface area contributed by atoms with Crippen molar-refractivity contribution in [3.8, 4) is 0 Å². The Kier molecular flexibility index (Phi) is 4.09. The zero-order valence-corrected chi connectivity index (χ0v) is 9.59. The van der Waals surface area contributed by atoms with Gasteiger partial charge in [0.05, 0.1) is 12.9 Å². The lowest BCUT2D eigenvalue weighted by atomic mass is 10.3. The molecule has 1 atom stereocenters. The number of nitrogens with one attached hydrogen (secondary N) is 2. The molecule has 1 aromatic heterocycles. The van der Waals surface area contributed by atoms with Crippen molar-refractivity contribution in [2.24, 2.45) is 0 Å². The second kappa shape index (κ2) is 5.11. The van der Waals surface area contributed by atoms with Crippen LogP contribution in [0.5, 0.6) is 0 Å². The van der Waals surface area contributed by atoms with E-state index in [9.17, 15) is 4.79 Å². The highest BCUT2D eigenvalue weighted by Gasteiger charge is 2.07. The fourth-order valence-electron chi connectivity index (χ4n) is 1.01. The van der Waals surface area contributed by atoms with E-state index in [0.29, 0.717) is 16.9 Å². The van der Waals surface area contributed by atoms with Gasteiger partial charge in [0.1, 0.15) is 10.3 Å². The number of H-pyrrole nitrogens is 1. The monoisotopic (exact) mass is 261 g/mol. The van der Waals surface area contributed by atoms with Crippen LogP contribution >= 0.6 is 15.9 Å². The first-order chi connectivity index (χ1) is 6.65. The van der Waals surface area contributed by atoms with Gasteiger partial charge in [-0.15, -0.1) is 0 Å². The molecular weight excluding hydrogens is 250 g/mol. The van der Waals surface area contributed by atoms with Gasteiger partial charge >= 0.3 is 0 Å². The summed E-state index contributed by atoms with van der Waals surface area (Å²) in [5.74, 6) is 0.526. The van der Waals surface area contributed by atoms with Crippen molar-refractivity contribution in [3.63, 3.8) is 0 Å². The first kappa shape index (κ1) is 11.2. The maximum Gasteiger partial charge on any atom is 0.267 e. The lowest BCUT2D eigenvalue weighted by Crippen LogP contribution is -2.23. The molecule has 0 aliphatic heterocycles. The average molecular weight is 262 g/mol. The van der Waals surface area contributed by atoms with Crippen LogP contribution in [0.1, 0.15) is 6.92 Å². The quantitative estimate of drug-likeness (QED) is 0.848. The number of aromatic nitrogens is 2. The zero-order valence-electron chi connectivity index (χ0n) is 8.00. The van der Waals surface area contributed by atoms with E-state index in [0.717, 1.165) is 0 Å². The minimum atomic E-state index is -0.202. The summed E-state index contributed by atoms with van der Waals surface area (Å²) >= 11 is 3.15. The third kappa shape index (κ3) is 2.81. The van der Waals surface area contributed by atoms with Crippen LogP contribution in [0.3, 0.4) is 0 Å². The summed E-state index contributed by atoms with van der Waals surface area (Å²) < 4.78 is 5.36.